The molecule has 0 bridgehead atoms. The molecular formula is C15H21ClN2. The van der Waals surface area contributed by atoms with Crippen LogP contribution >= 0.6 is 11.6 Å². The molecule has 0 spiro atoms. The summed E-state index contributed by atoms with van der Waals surface area (Å²) < 4.78 is 0. The largest absolute Gasteiger partial charge is 0.342 e. The lowest BCUT2D eigenvalue weighted by Gasteiger charge is -2.22. The normalized spacial score (nSPS) is 14.1. The molecule has 98 valence electrons. The summed E-state index contributed by atoms with van der Waals surface area (Å²) in [4.78, 5) is 7.95. The van der Waals surface area contributed by atoms with Crippen LogP contribution in [0, 0.1) is 11.3 Å². The minimum Gasteiger partial charge on any atom is -0.342 e. The van der Waals surface area contributed by atoms with E-state index in [4.69, 9.17) is 11.6 Å². The number of H-pyrrole nitrogens is 1. The number of nitrogens with one attached hydrogen (secondary N) is 1. The molecule has 1 N–H and O–H groups in total. The molecule has 1 unspecified atom stereocenters. The molecule has 1 heterocycles. The van der Waals surface area contributed by atoms with Gasteiger partial charge in [0.1, 0.15) is 11.3 Å². The van der Waals surface area contributed by atoms with Gasteiger partial charge in [-0.25, -0.2) is 4.98 Å². The summed E-state index contributed by atoms with van der Waals surface area (Å²) in [5.41, 5.74) is 2.28. The summed E-state index contributed by atoms with van der Waals surface area (Å²) >= 11 is 6.13. The summed E-state index contributed by atoms with van der Waals surface area (Å²) in [6, 6.07) is 5.85. The summed E-state index contributed by atoms with van der Waals surface area (Å²) in [7, 11) is 0. The number of rotatable bonds is 3. The first-order valence-corrected chi connectivity index (χ1v) is 6.86. The first-order chi connectivity index (χ1) is 8.35. The zero-order chi connectivity index (χ0) is 13.3. The monoisotopic (exact) mass is 264 g/mol. The number of nitrogens with zero attached hydrogens (tertiary/aromatic N) is 1. The fourth-order valence-electron chi connectivity index (χ4n) is 2.59. The Labute approximate surface area is 114 Å². The average molecular weight is 265 g/mol. The van der Waals surface area contributed by atoms with Gasteiger partial charge in [-0.05, 0) is 29.9 Å². The van der Waals surface area contributed by atoms with Crippen LogP contribution in [0.2, 0.25) is 5.02 Å². The molecule has 0 aliphatic rings. The van der Waals surface area contributed by atoms with Crippen molar-refractivity contribution in [1.29, 1.82) is 0 Å². The van der Waals surface area contributed by atoms with E-state index < -0.39 is 0 Å². The van der Waals surface area contributed by atoms with E-state index in [0.717, 1.165) is 28.3 Å². The van der Waals surface area contributed by atoms with Gasteiger partial charge in [0.15, 0.2) is 0 Å². The van der Waals surface area contributed by atoms with E-state index >= 15 is 0 Å². The molecule has 2 rings (SSSR count). The number of aromatic amines is 1. The highest BCUT2D eigenvalue weighted by molar-refractivity contribution is 6.34. The van der Waals surface area contributed by atoms with Crippen LogP contribution < -0.4 is 0 Å². The topological polar surface area (TPSA) is 28.7 Å². The molecule has 3 heteroatoms. The van der Waals surface area contributed by atoms with Crippen molar-refractivity contribution in [3.8, 4) is 0 Å². The Bertz CT molecular complexity index is 537. The van der Waals surface area contributed by atoms with Gasteiger partial charge in [0.25, 0.3) is 0 Å². The van der Waals surface area contributed by atoms with E-state index in [1.165, 1.54) is 6.42 Å². The van der Waals surface area contributed by atoms with Crippen LogP contribution in [0.1, 0.15) is 39.9 Å². The number of fused-ring (bicyclic) bond motifs is 1. The molecule has 1 aromatic carbocycles. The number of halogens is 1. The minimum absolute atomic E-state index is 0.364. The molecule has 1 aromatic heterocycles. The smallest absolute Gasteiger partial charge is 0.107 e. The quantitative estimate of drug-likeness (QED) is 0.845. The number of hydrogen-bond acceptors (Lipinski definition) is 1. The first-order valence-electron chi connectivity index (χ1n) is 6.48. The van der Waals surface area contributed by atoms with Crippen molar-refractivity contribution in [2.45, 2.75) is 40.5 Å². The summed E-state index contributed by atoms with van der Waals surface area (Å²) in [6.07, 6.45) is 2.17. The van der Waals surface area contributed by atoms with Crippen molar-refractivity contribution in [1.82, 2.24) is 9.97 Å². The van der Waals surface area contributed by atoms with Gasteiger partial charge >= 0.3 is 0 Å². The van der Waals surface area contributed by atoms with Gasteiger partial charge in [-0.3, -0.25) is 0 Å². The Kier molecular flexibility index (Phi) is 3.67. The highest BCUT2D eigenvalue weighted by Gasteiger charge is 2.17. The zero-order valence-electron chi connectivity index (χ0n) is 11.5. The molecular weight excluding hydrogens is 244 g/mol. The maximum Gasteiger partial charge on any atom is 0.107 e. The van der Waals surface area contributed by atoms with Gasteiger partial charge in [-0.2, -0.15) is 0 Å². The van der Waals surface area contributed by atoms with Crippen molar-refractivity contribution >= 4 is 22.6 Å². The Hall–Kier alpha value is -1.02. The Morgan fingerprint density at radius 1 is 1.33 bits per heavy atom. The lowest BCUT2D eigenvalue weighted by molar-refractivity contribution is 0.304. The van der Waals surface area contributed by atoms with Gasteiger partial charge < -0.3 is 4.98 Å². The number of aromatic nitrogens is 2. The van der Waals surface area contributed by atoms with Gasteiger partial charge in [0, 0.05) is 6.42 Å². The van der Waals surface area contributed by atoms with E-state index in [2.05, 4.69) is 37.7 Å². The Morgan fingerprint density at radius 2 is 2.06 bits per heavy atom. The Balaban J connectivity index is 2.15. The van der Waals surface area contributed by atoms with E-state index in [0.29, 0.717) is 11.3 Å². The molecule has 2 nitrogen and oxygen atoms in total. The van der Waals surface area contributed by atoms with E-state index in [9.17, 15) is 0 Å². The molecule has 18 heavy (non-hydrogen) atoms. The molecule has 0 aliphatic heterocycles. The fraction of sp³-hybridized carbons (Fsp3) is 0.533. The first kappa shape index (κ1) is 13.4. The van der Waals surface area contributed by atoms with Gasteiger partial charge in [-0.1, -0.05) is 45.4 Å². The molecule has 2 aromatic rings. The molecule has 0 amide bonds. The van der Waals surface area contributed by atoms with E-state index in [1.807, 2.05) is 18.2 Å². The van der Waals surface area contributed by atoms with Crippen LogP contribution in [0.5, 0.6) is 0 Å². The maximum atomic E-state index is 6.13. The third-order valence-corrected chi connectivity index (χ3v) is 3.32. The summed E-state index contributed by atoms with van der Waals surface area (Å²) in [6.45, 7) is 9.11. The third kappa shape index (κ3) is 3.26. The second-order valence-corrected chi connectivity index (χ2v) is 6.80. The van der Waals surface area contributed by atoms with Crippen LogP contribution in [-0.4, -0.2) is 9.97 Å². The van der Waals surface area contributed by atoms with Gasteiger partial charge in [0.2, 0.25) is 0 Å². The van der Waals surface area contributed by atoms with Crippen molar-refractivity contribution in [3.05, 3.63) is 29.0 Å². The summed E-state index contributed by atoms with van der Waals surface area (Å²) in [5.74, 6) is 1.65. The lowest BCUT2D eigenvalue weighted by atomic mass is 9.84. The SMILES string of the molecule is CC(Cc1nc2c(Cl)cccc2[nH]1)CC(C)(C)C. The molecule has 0 saturated heterocycles. The molecule has 0 radical (unpaired) electrons. The third-order valence-electron chi connectivity index (χ3n) is 3.02. The minimum atomic E-state index is 0.364. The molecule has 0 aliphatic carbocycles. The number of benzene rings is 1. The maximum absolute atomic E-state index is 6.13. The number of hydrogen-bond donors (Lipinski definition) is 1. The summed E-state index contributed by atoms with van der Waals surface area (Å²) in [5, 5.41) is 0.721. The van der Waals surface area contributed by atoms with Gasteiger partial charge in [0.05, 0.1) is 10.5 Å². The second kappa shape index (κ2) is 4.93. The van der Waals surface area contributed by atoms with Crippen LogP contribution in [0.3, 0.4) is 0 Å². The predicted molar refractivity (Wildman–Crippen MR) is 78.0 cm³/mol. The number of para-hydroxylation sites is 1. The fourth-order valence-corrected chi connectivity index (χ4v) is 2.81. The van der Waals surface area contributed by atoms with Crippen LogP contribution in [0.15, 0.2) is 18.2 Å². The van der Waals surface area contributed by atoms with Gasteiger partial charge in [-0.15, -0.1) is 0 Å². The molecule has 1 atom stereocenters. The lowest BCUT2D eigenvalue weighted by Crippen LogP contribution is -2.13. The van der Waals surface area contributed by atoms with Crippen molar-refractivity contribution in [2.24, 2.45) is 11.3 Å². The molecule has 0 saturated carbocycles. The van der Waals surface area contributed by atoms with Crippen LogP contribution in [0.4, 0.5) is 0 Å². The van der Waals surface area contributed by atoms with Crippen LogP contribution in [0.25, 0.3) is 11.0 Å². The van der Waals surface area contributed by atoms with Crippen molar-refractivity contribution in [3.63, 3.8) is 0 Å². The van der Waals surface area contributed by atoms with Crippen molar-refractivity contribution < 1.29 is 0 Å². The van der Waals surface area contributed by atoms with Crippen molar-refractivity contribution in [2.75, 3.05) is 0 Å². The van der Waals surface area contributed by atoms with E-state index in [1.54, 1.807) is 0 Å². The zero-order valence-corrected chi connectivity index (χ0v) is 12.3. The highest BCUT2D eigenvalue weighted by atomic mass is 35.5. The predicted octanol–water partition coefficient (Wildman–Crippen LogP) is 4.83. The van der Waals surface area contributed by atoms with Crippen LogP contribution in [-0.2, 0) is 6.42 Å². The van der Waals surface area contributed by atoms with E-state index in [-0.39, 0.29) is 0 Å². The average Bonchev–Trinajstić information content (AvgIpc) is 2.58. The Morgan fingerprint density at radius 3 is 2.67 bits per heavy atom. The number of imidazole rings is 1. The highest BCUT2D eigenvalue weighted by Crippen LogP contribution is 2.27. The second-order valence-electron chi connectivity index (χ2n) is 6.39. The standard InChI is InChI=1S/C15H21ClN2/c1-10(9-15(2,3)4)8-13-17-12-7-5-6-11(16)14(12)18-13/h5-7,10H,8-9H2,1-4H3,(H,17,18). The molecule has 0 fully saturated rings.